The summed E-state index contributed by atoms with van der Waals surface area (Å²) in [6.45, 7) is 0. The van der Waals surface area contributed by atoms with E-state index >= 15 is 0 Å². The second-order valence-electron chi connectivity index (χ2n) is 4.94. The summed E-state index contributed by atoms with van der Waals surface area (Å²) in [6, 6.07) is 14.0. The van der Waals surface area contributed by atoms with Crippen LogP contribution in [0, 0.1) is 0 Å². The molecule has 0 aliphatic carbocycles. The van der Waals surface area contributed by atoms with Crippen molar-refractivity contribution in [2.75, 3.05) is 7.11 Å². The van der Waals surface area contributed by atoms with Crippen LogP contribution in [0.2, 0.25) is 0 Å². The number of carbonyl (C=O) groups is 1. The number of aromatic amines is 1. The van der Waals surface area contributed by atoms with E-state index in [1.165, 1.54) is 7.11 Å². The van der Waals surface area contributed by atoms with E-state index in [9.17, 15) is 4.79 Å². The second kappa shape index (κ2) is 4.31. The van der Waals surface area contributed by atoms with Gasteiger partial charge >= 0.3 is 5.97 Å². The Balaban J connectivity index is 2.13. The standard InChI is InChI=1S/C17H12N2O2/c1-21-17(20)10-8-13-14(18-9-10)7-6-12-11-4-2-3-5-15(11)19-16(12)13/h2-9,19H,1H3. The third-order valence-corrected chi connectivity index (χ3v) is 3.76. The molecule has 2 heterocycles. The fourth-order valence-electron chi connectivity index (χ4n) is 2.75. The molecule has 0 spiro atoms. The molecule has 0 saturated carbocycles. The molecule has 21 heavy (non-hydrogen) atoms. The van der Waals surface area contributed by atoms with Gasteiger partial charge in [0.25, 0.3) is 0 Å². The lowest BCUT2D eigenvalue weighted by Crippen LogP contribution is -2.01. The zero-order valence-corrected chi connectivity index (χ0v) is 11.4. The quantitative estimate of drug-likeness (QED) is 0.540. The van der Waals surface area contributed by atoms with Gasteiger partial charge in [0.1, 0.15) is 0 Å². The molecule has 0 unspecified atom stereocenters. The first kappa shape index (κ1) is 11.9. The summed E-state index contributed by atoms with van der Waals surface area (Å²) in [5, 5.41) is 3.21. The van der Waals surface area contributed by atoms with Gasteiger partial charge < -0.3 is 9.72 Å². The number of nitrogens with one attached hydrogen (secondary N) is 1. The summed E-state index contributed by atoms with van der Waals surface area (Å²) in [6.07, 6.45) is 1.54. The molecular weight excluding hydrogens is 264 g/mol. The number of nitrogens with zero attached hydrogens (tertiary/aromatic N) is 1. The Morgan fingerprint density at radius 2 is 1.95 bits per heavy atom. The first-order valence-corrected chi connectivity index (χ1v) is 6.65. The zero-order valence-electron chi connectivity index (χ0n) is 11.4. The molecule has 0 aliphatic rings. The van der Waals surface area contributed by atoms with Crippen LogP contribution in [-0.2, 0) is 4.74 Å². The van der Waals surface area contributed by atoms with Crippen LogP contribution in [0.1, 0.15) is 10.4 Å². The number of pyridine rings is 1. The van der Waals surface area contributed by atoms with Crippen LogP contribution in [0.3, 0.4) is 0 Å². The second-order valence-corrected chi connectivity index (χ2v) is 4.94. The lowest BCUT2D eigenvalue weighted by Gasteiger charge is -2.02. The third-order valence-electron chi connectivity index (χ3n) is 3.76. The molecule has 4 rings (SSSR count). The topological polar surface area (TPSA) is 55.0 Å². The number of carbonyl (C=O) groups excluding carboxylic acids is 1. The molecule has 0 aliphatic heterocycles. The summed E-state index contributed by atoms with van der Waals surface area (Å²) in [7, 11) is 1.37. The first-order chi connectivity index (χ1) is 10.3. The Morgan fingerprint density at radius 1 is 1.10 bits per heavy atom. The number of aromatic nitrogens is 2. The number of ether oxygens (including phenoxy) is 1. The van der Waals surface area contributed by atoms with E-state index in [1.807, 2.05) is 30.3 Å². The van der Waals surface area contributed by atoms with Crippen molar-refractivity contribution in [1.29, 1.82) is 0 Å². The van der Waals surface area contributed by atoms with E-state index in [0.717, 1.165) is 32.7 Å². The minimum Gasteiger partial charge on any atom is -0.465 e. The molecule has 0 radical (unpaired) electrons. The van der Waals surface area contributed by atoms with Gasteiger partial charge in [0.05, 0.1) is 23.7 Å². The molecule has 0 amide bonds. The number of benzene rings is 2. The molecule has 4 heteroatoms. The Kier molecular flexibility index (Phi) is 2.44. The molecule has 0 saturated heterocycles. The van der Waals surface area contributed by atoms with E-state index in [4.69, 9.17) is 4.74 Å². The van der Waals surface area contributed by atoms with Crippen molar-refractivity contribution in [2.24, 2.45) is 0 Å². The van der Waals surface area contributed by atoms with E-state index in [-0.39, 0.29) is 5.97 Å². The van der Waals surface area contributed by atoms with Gasteiger partial charge in [0.15, 0.2) is 0 Å². The summed E-state index contributed by atoms with van der Waals surface area (Å²) >= 11 is 0. The monoisotopic (exact) mass is 276 g/mol. The number of fused-ring (bicyclic) bond motifs is 5. The smallest absolute Gasteiger partial charge is 0.339 e. The predicted octanol–water partition coefficient (Wildman–Crippen LogP) is 3.66. The van der Waals surface area contributed by atoms with Gasteiger partial charge in [0.2, 0.25) is 0 Å². The predicted molar refractivity (Wildman–Crippen MR) is 82.4 cm³/mol. The van der Waals surface area contributed by atoms with Gasteiger partial charge in [-0.3, -0.25) is 4.98 Å². The summed E-state index contributed by atoms with van der Waals surface area (Å²) in [4.78, 5) is 19.5. The van der Waals surface area contributed by atoms with E-state index in [1.54, 1.807) is 6.20 Å². The normalized spacial score (nSPS) is 11.3. The van der Waals surface area contributed by atoms with Crippen molar-refractivity contribution in [3.63, 3.8) is 0 Å². The van der Waals surface area contributed by atoms with E-state index < -0.39 is 0 Å². The van der Waals surface area contributed by atoms with Crippen LogP contribution in [-0.4, -0.2) is 23.0 Å². The van der Waals surface area contributed by atoms with E-state index in [0.29, 0.717) is 5.56 Å². The number of hydrogen-bond acceptors (Lipinski definition) is 3. The Bertz CT molecular complexity index is 1000. The SMILES string of the molecule is COC(=O)c1cnc2ccc3c4ccccc4[nH]c3c2c1. The van der Waals surface area contributed by atoms with Crippen molar-refractivity contribution in [2.45, 2.75) is 0 Å². The highest BCUT2D eigenvalue weighted by atomic mass is 16.5. The lowest BCUT2D eigenvalue weighted by atomic mass is 10.1. The maximum atomic E-state index is 11.7. The summed E-state index contributed by atoms with van der Waals surface area (Å²) in [5.41, 5.74) is 3.37. The number of hydrogen-bond donors (Lipinski definition) is 1. The van der Waals surface area contributed by atoms with E-state index in [2.05, 4.69) is 22.1 Å². The molecule has 4 nitrogen and oxygen atoms in total. The van der Waals surface area contributed by atoms with Gasteiger partial charge in [0, 0.05) is 27.9 Å². The highest BCUT2D eigenvalue weighted by molar-refractivity contribution is 6.16. The molecule has 0 bridgehead atoms. The fourth-order valence-corrected chi connectivity index (χ4v) is 2.75. The van der Waals surface area contributed by atoms with Crippen LogP contribution in [0.4, 0.5) is 0 Å². The molecule has 0 atom stereocenters. The van der Waals surface area contributed by atoms with Crippen molar-refractivity contribution >= 4 is 38.7 Å². The zero-order chi connectivity index (χ0) is 14.4. The van der Waals surface area contributed by atoms with Crippen LogP contribution in [0.15, 0.2) is 48.7 Å². The average molecular weight is 276 g/mol. The van der Waals surface area contributed by atoms with Crippen LogP contribution in [0.5, 0.6) is 0 Å². The highest BCUT2D eigenvalue weighted by Gasteiger charge is 2.11. The third kappa shape index (κ3) is 1.69. The van der Waals surface area contributed by atoms with Crippen LogP contribution < -0.4 is 0 Å². The Labute approximate surface area is 120 Å². The maximum Gasteiger partial charge on any atom is 0.339 e. The minimum absolute atomic E-state index is 0.377. The highest BCUT2D eigenvalue weighted by Crippen LogP contribution is 2.30. The maximum absolute atomic E-state index is 11.7. The Hall–Kier alpha value is -2.88. The molecule has 1 N–H and O–H groups in total. The number of H-pyrrole nitrogens is 1. The number of esters is 1. The first-order valence-electron chi connectivity index (χ1n) is 6.65. The molecular formula is C17H12N2O2. The largest absolute Gasteiger partial charge is 0.465 e. The van der Waals surface area contributed by atoms with Crippen LogP contribution in [0.25, 0.3) is 32.7 Å². The fraction of sp³-hybridized carbons (Fsp3) is 0.0588. The van der Waals surface area contributed by atoms with Crippen molar-refractivity contribution < 1.29 is 9.53 Å². The van der Waals surface area contributed by atoms with Crippen molar-refractivity contribution in [3.05, 3.63) is 54.2 Å². The van der Waals surface area contributed by atoms with Gasteiger partial charge in [-0.05, 0) is 18.2 Å². The minimum atomic E-state index is -0.377. The average Bonchev–Trinajstić information content (AvgIpc) is 2.92. The molecule has 0 fully saturated rings. The van der Waals surface area contributed by atoms with Gasteiger partial charge in [-0.15, -0.1) is 0 Å². The number of methoxy groups -OCH3 is 1. The van der Waals surface area contributed by atoms with Crippen LogP contribution >= 0.6 is 0 Å². The molecule has 2 aromatic carbocycles. The Morgan fingerprint density at radius 3 is 2.81 bits per heavy atom. The van der Waals surface area contributed by atoms with Crippen molar-refractivity contribution in [1.82, 2.24) is 9.97 Å². The molecule has 2 aromatic heterocycles. The van der Waals surface area contributed by atoms with Gasteiger partial charge in [-0.25, -0.2) is 4.79 Å². The van der Waals surface area contributed by atoms with Crippen molar-refractivity contribution in [3.8, 4) is 0 Å². The molecule has 4 aromatic rings. The number of para-hydroxylation sites is 1. The number of rotatable bonds is 1. The molecule has 102 valence electrons. The lowest BCUT2D eigenvalue weighted by molar-refractivity contribution is 0.0600. The summed E-state index contributed by atoms with van der Waals surface area (Å²) < 4.78 is 4.77. The van der Waals surface area contributed by atoms with Gasteiger partial charge in [-0.2, -0.15) is 0 Å². The summed E-state index contributed by atoms with van der Waals surface area (Å²) in [5.74, 6) is -0.377. The van der Waals surface area contributed by atoms with Gasteiger partial charge in [-0.1, -0.05) is 24.3 Å².